The first-order valence-corrected chi connectivity index (χ1v) is 5.76. The van der Waals surface area contributed by atoms with Crippen molar-refractivity contribution >= 4 is 17.7 Å². The summed E-state index contributed by atoms with van der Waals surface area (Å²) in [5, 5.41) is 15.8. The first kappa shape index (κ1) is 16.4. The van der Waals surface area contributed by atoms with Crippen molar-refractivity contribution in [3.05, 3.63) is 11.6 Å². The predicted octanol–water partition coefficient (Wildman–Crippen LogP) is 2.26. The molecule has 2 N–H and O–H groups in total. The van der Waals surface area contributed by atoms with Crippen LogP contribution in [0.1, 0.15) is 46.5 Å². The molecule has 0 saturated carbocycles. The van der Waals surface area contributed by atoms with E-state index < -0.39 is 11.9 Å². The Morgan fingerprint density at radius 1 is 1.17 bits per heavy atom. The van der Waals surface area contributed by atoms with E-state index in [0.29, 0.717) is 6.42 Å². The Hall–Kier alpha value is -1.65. The number of allylic oxidation sites excluding steroid dienone is 2. The fourth-order valence-electron chi connectivity index (χ4n) is 1.88. The second-order valence-corrected chi connectivity index (χ2v) is 5.26. The Bertz CT molecular complexity index is 352. The lowest BCUT2D eigenvalue weighted by atomic mass is 9.77. The van der Waals surface area contributed by atoms with Gasteiger partial charge in [-0.2, -0.15) is 0 Å². The van der Waals surface area contributed by atoms with Gasteiger partial charge < -0.3 is 10.2 Å². The summed E-state index contributed by atoms with van der Waals surface area (Å²) in [5.41, 5.74) is 1.43. The van der Waals surface area contributed by atoms with E-state index in [-0.39, 0.29) is 24.0 Å². The molecule has 0 spiro atoms. The van der Waals surface area contributed by atoms with Gasteiger partial charge in [-0.3, -0.25) is 14.4 Å². The van der Waals surface area contributed by atoms with Gasteiger partial charge in [-0.15, -0.1) is 0 Å². The van der Waals surface area contributed by atoms with E-state index in [1.54, 1.807) is 6.08 Å². The molecule has 1 aliphatic rings. The van der Waals surface area contributed by atoms with Gasteiger partial charge in [0, 0.05) is 6.42 Å². The maximum atomic E-state index is 11.0. The Labute approximate surface area is 107 Å². The second kappa shape index (κ2) is 6.93. The van der Waals surface area contributed by atoms with Crippen molar-refractivity contribution in [1.82, 2.24) is 0 Å². The Balaban J connectivity index is 0.000000331. The van der Waals surface area contributed by atoms with Gasteiger partial charge in [0.25, 0.3) is 0 Å². The zero-order chi connectivity index (χ0) is 14.3. The minimum absolute atomic E-state index is 0.204. The largest absolute Gasteiger partial charge is 0.481 e. The summed E-state index contributed by atoms with van der Waals surface area (Å²) in [6, 6.07) is 0. The highest BCUT2D eigenvalue weighted by Gasteiger charge is 2.25. The molecule has 102 valence electrons. The van der Waals surface area contributed by atoms with E-state index in [4.69, 9.17) is 10.2 Å². The molecule has 5 heteroatoms. The SMILES string of the molecule is CC1=CC(=O)CC(C)(C)C1.O=C(O)CCC(=O)O. The molecule has 18 heavy (non-hydrogen) atoms. The van der Waals surface area contributed by atoms with Gasteiger partial charge in [0.1, 0.15) is 0 Å². The van der Waals surface area contributed by atoms with E-state index in [1.165, 1.54) is 5.57 Å². The zero-order valence-electron chi connectivity index (χ0n) is 11.0. The van der Waals surface area contributed by atoms with Crippen molar-refractivity contribution in [2.24, 2.45) is 5.41 Å². The number of carbonyl (C=O) groups excluding carboxylic acids is 1. The van der Waals surface area contributed by atoms with Crippen LogP contribution in [0, 0.1) is 5.41 Å². The summed E-state index contributed by atoms with van der Waals surface area (Å²) in [6.45, 7) is 6.31. The monoisotopic (exact) mass is 256 g/mol. The number of rotatable bonds is 3. The van der Waals surface area contributed by atoms with Crippen LogP contribution in [0.25, 0.3) is 0 Å². The van der Waals surface area contributed by atoms with Gasteiger partial charge in [-0.1, -0.05) is 19.4 Å². The van der Waals surface area contributed by atoms with E-state index in [1.807, 2.05) is 6.92 Å². The third kappa shape index (κ3) is 8.50. The molecule has 0 unspecified atom stereocenters. The van der Waals surface area contributed by atoms with Crippen LogP contribution in [-0.4, -0.2) is 27.9 Å². The highest BCUT2D eigenvalue weighted by molar-refractivity contribution is 5.91. The van der Waals surface area contributed by atoms with E-state index in [2.05, 4.69) is 13.8 Å². The topological polar surface area (TPSA) is 91.7 Å². The molecule has 0 aromatic carbocycles. The molecule has 0 heterocycles. The number of aliphatic carboxylic acids is 2. The quantitative estimate of drug-likeness (QED) is 0.808. The van der Waals surface area contributed by atoms with E-state index in [9.17, 15) is 14.4 Å². The lowest BCUT2D eigenvalue weighted by molar-refractivity contribution is -0.143. The van der Waals surface area contributed by atoms with Gasteiger partial charge >= 0.3 is 11.9 Å². The molecule has 0 amide bonds. The fraction of sp³-hybridized carbons (Fsp3) is 0.615. The van der Waals surface area contributed by atoms with Crippen molar-refractivity contribution in [2.45, 2.75) is 46.5 Å². The molecule has 0 atom stereocenters. The minimum Gasteiger partial charge on any atom is -0.481 e. The molecule has 0 aromatic heterocycles. The second-order valence-electron chi connectivity index (χ2n) is 5.26. The molecule has 0 radical (unpaired) electrons. The Kier molecular flexibility index (Phi) is 6.30. The van der Waals surface area contributed by atoms with Crippen LogP contribution in [0.4, 0.5) is 0 Å². The van der Waals surface area contributed by atoms with Crippen LogP contribution in [0.3, 0.4) is 0 Å². The number of hydrogen-bond acceptors (Lipinski definition) is 3. The average molecular weight is 256 g/mol. The van der Waals surface area contributed by atoms with Crippen molar-refractivity contribution in [1.29, 1.82) is 0 Å². The van der Waals surface area contributed by atoms with E-state index in [0.717, 1.165) is 6.42 Å². The molecule has 5 nitrogen and oxygen atoms in total. The average Bonchev–Trinajstić information content (AvgIpc) is 2.11. The lowest BCUT2D eigenvalue weighted by Crippen LogP contribution is -2.20. The zero-order valence-corrected chi connectivity index (χ0v) is 11.0. The molecule has 1 aliphatic carbocycles. The third-order valence-electron chi connectivity index (χ3n) is 2.37. The third-order valence-corrected chi connectivity index (χ3v) is 2.37. The summed E-state index contributed by atoms with van der Waals surface area (Å²) in [7, 11) is 0. The summed E-state index contributed by atoms with van der Waals surface area (Å²) >= 11 is 0. The number of carbonyl (C=O) groups is 3. The number of ketones is 1. The molecule has 0 saturated heterocycles. The van der Waals surface area contributed by atoms with Crippen molar-refractivity contribution in [3.8, 4) is 0 Å². The molecular formula is C13H20O5. The maximum Gasteiger partial charge on any atom is 0.303 e. The molecule has 0 bridgehead atoms. The Morgan fingerprint density at radius 3 is 1.89 bits per heavy atom. The number of carboxylic acid groups (broad SMARTS) is 2. The summed E-state index contributed by atoms with van der Waals surface area (Å²) < 4.78 is 0. The first-order valence-electron chi connectivity index (χ1n) is 5.76. The summed E-state index contributed by atoms with van der Waals surface area (Å²) in [5.74, 6) is -1.87. The van der Waals surface area contributed by atoms with Crippen LogP contribution in [-0.2, 0) is 14.4 Å². The summed E-state index contributed by atoms with van der Waals surface area (Å²) in [4.78, 5) is 30.3. The normalized spacial score (nSPS) is 17.3. The van der Waals surface area contributed by atoms with Gasteiger partial charge in [0.15, 0.2) is 5.78 Å². The number of hydrogen-bond donors (Lipinski definition) is 2. The summed E-state index contributed by atoms with van der Waals surface area (Å²) in [6.07, 6.45) is 2.96. The molecule has 0 aromatic rings. The van der Waals surface area contributed by atoms with Crippen LogP contribution in [0.5, 0.6) is 0 Å². The highest BCUT2D eigenvalue weighted by atomic mass is 16.4. The Morgan fingerprint density at radius 2 is 1.61 bits per heavy atom. The van der Waals surface area contributed by atoms with Crippen molar-refractivity contribution in [2.75, 3.05) is 0 Å². The van der Waals surface area contributed by atoms with Gasteiger partial charge in [0.2, 0.25) is 0 Å². The lowest BCUT2D eigenvalue weighted by Gasteiger charge is -2.27. The van der Waals surface area contributed by atoms with E-state index >= 15 is 0 Å². The van der Waals surface area contributed by atoms with Crippen LogP contribution in [0.2, 0.25) is 0 Å². The smallest absolute Gasteiger partial charge is 0.303 e. The molecule has 0 aliphatic heterocycles. The van der Waals surface area contributed by atoms with Crippen LogP contribution >= 0.6 is 0 Å². The standard InChI is InChI=1S/C9H14O.C4H6O4/c1-7-4-8(10)6-9(2,3)5-7;5-3(6)1-2-4(7)8/h4H,5-6H2,1-3H3;1-2H2,(H,5,6)(H,7,8). The van der Waals surface area contributed by atoms with Crippen molar-refractivity contribution < 1.29 is 24.6 Å². The first-order chi connectivity index (χ1) is 8.12. The van der Waals surface area contributed by atoms with Crippen molar-refractivity contribution in [3.63, 3.8) is 0 Å². The molecule has 1 rings (SSSR count). The van der Waals surface area contributed by atoms with Gasteiger partial charge in [-0.25, -0.2) is 0 Å². The van der Waals surface area contributed by atoms with Gasteiger partial charge in [-0.05, 0) is 24.8 Å². The number of carboxylic acids is 2. The van der Waals surface area contributed by atoms with Gasteiger partial charge in [0.05, 0.1) is 12.8 Å². The van der Waals surface area contributed by atoms with Crippen LogP contribution in [0.15, 0.2) is 11.6 Å². The predicted molar refractivity (Wildman–Crippen MR) is 66.3 cm³/mol. The fourth-order valence-corrected chi connectivity index (χ4v) is 1.88. The maximum absolute atomic E-state index is 11.0. The minimum atomic E-state index is -1.08. The highest BCUT2D eigenvalue weighted by Crippen LogP contribution is 2.32. The molecule has 0 fully saturated rings. The van der Waals surface area contributed by atoms with Crippen LogP contribution < -0.4 is 0 Å². The molecular weight excluding hydrogens is 236 g/mol.